The van der Waals surface area contributed by atoms with E-state index in [1.807, 2.05) is 38.1 Å². The molecular weight excluding hydrogens is 310 g/mol. The maximum absolute atomic E-state index is 12.3. The molecule has 1 amide bonds. The number of nitrogens with zero attached hydrogens (tertiary/aromatic N) is 2. The smallest absolute Gasteiger partial charge is 0.410 e. The van der Waals surface area contributed by atoms with E-state index in [-0.39, 0.29) is 6.09 Å². The second kappa shape index (κ2) is 7.62. The molecule has 1 heterocycles. The van der Waals surface area contributed by atoms with Crippen LogP contribution in [0, 0.1) is 6.92 Å². The number of carbonyl (C=O) groups is 1. The Morgan fingerprint density at radius 1 is 1.52 bits per heavy atom. The Bertz CT molecular complexity index is 520. The van der Waals surface area contributed by atoms with Gasteiger partial charge in [-0.25, -0.2) is 9.78 Å². The van der Waals surface area contributed by atoms with E-state index in [2.05, 4.69) is 17.2 Å². The zero-order chi connectivity index (χ0) is 17.0. The Balaban J connectivity index is 1.75. The maximum Gasteiger partial charge on any atom is 0.410 e. The molecule has 1 fully saturated rings. The minimum atomic E-state index is -0.430. The molecule has 0 saturated heterocycles. The summed E-state index contributed by atoms with van der Waals surface area (Å²) in [6.45, 7) is 11.6. The second-order valence-electron chi connectivity index (χ2n) is 7.24. The number of aryl methyl sites for hydroxylation is 1. The number of nitrogens with one attached hydrogen (secondary N) is 1. The molecule has 2 rings (SSSR count). The normalized spacial score (nSPS) is 16.2. The van der Waals surface area contributed by atoms with E-state index in [0.717, 1.165) is 38.0 Å². The van der Waals surface area contributed by atoms with Crippen molar-refractivity contribution in [2.45, 2.75) is 71.6 Å². The van der Waals surface area contributed by atoms with Crippen LogP contribution >= 0.6 is 11.3 Å². The van der Waals surface area contributed by atoms with Gasteiger partial charge in [0, 0.05) is 23.5 Å². The van der Waals surface area contributed by atoms with Crippen molar-refractivity contribution in [3.63, 3.8) is 0 Å². The second-order valence-corrected chi connectivity index (χ2v) is 8.12. The molecule has 0 radical (unpaired) electrons. The molecule has 0 bridgehead atoms. The summed E-state index contributed by atoms with van der Waals surface area (Å²) < 4.78 is 5.51. The largest absolute Gasteiger partial charge is 0.444 e. The highest BCUT2D eigenvalue weighted by molar-refractivity contribution is 7.09. The summed E-state index contributed by atoms with van der Waals surface area (Å²) in [6, 6.07) is 0.685. The van der Waals surface area contributed by atoms with Crippen LogP contribution in [0.15, 0.2) is 5.51 Å². The lowest BCUT2D eigenvalue weighted by molar-refractivity contribution is 0.0232. The zero-order valence-corrected chi connectivity index (χ0v) is 15.7. The summed E-state index contributed by atoms with van der Waals surface area (Å²) in [7, 11) is 0. The van der Waals surface area contributed by atoms with Crippen molar-refractivity contribution in [1.29, 1.82) is 0 Å². The van der Waals surface area contributed by atoms with Crippen molar-refractivity contribution in [2.24, 2.45) is 0 Å². The molecule has 1 aliphatic carbocycles. The van der Waals surface area contributed by atoms with Gasteiger partial charge < -0.3 is 15.0 Å². The van der Waals surface area contributed by atoms with Gasteiger partial charge in [-0.2, -0.15) is 0 Å². The van der Waals surface area contributed by atoms with Gasteiger partial charge in [-0.05, 0) is 60.4 Å². The standard InChI is InChI=1S/C17H29N3O2S/c1-12(15-13(2)19-11-23-15)18-9-6-10-20(14-7-8-14)16(21)22-17(3,4)5/h11-12,14,18H,6-10H2,1-5H3. The van der Waals surface area contributed by atoms with Crippen molar-refractivity contribution < 1.29 is 9.53 Å². The molecule has 1 atom stereocenters. The number of hydrogen-bond donors (Lipinski definition) is 1. The van der Waals surface area contributed by atoms with Crippen LogP contribution in [0.25, 0.3) is 0 Å². The number of rotatable bonds is 7. The summed E-state index contributed by atoms with van der Waals surface area (Å²) in [5.41, 5.74) is 2.56. The number of aromatic nitrogens is 1. The average Bonchev–Trinajstić information content (AvgIpc) is 3.17. The van der Waals surface area contributed by atoms with Gasteiger partial charge in [-0.15, -0.1) is 11.3 Å². The molecule has 0 spiro atoms. The average molecular weight is 340 g/mol. The number of amides is 1. The Hall–Kier alpha value is -1.14. The van der Waals surface area contributed by atoms with E-state index in [0.29, 0.717) is 12.1 Å². The van der Waals surface area contributed by atoms with E-state index >= 15 is 0 Å². The maximum atomic E-state index is 12.3. The first-order valence-electron chi connectivity index (χ1n) is 8.41. The number of carbonyl (C=O) groups excluding carboxylic acids is 1. The molecule has 1 aromatic heterocycles. The van der Waals surface area contributed by atoms with Gasteiger partial charge in [0.25, 0.3) is 0 Å². The van der Waals surface area contributed by atoms with E-state index in [1.54, 1.807) is 11.3 Å². The topological polar surface area (TPSA) is 54.5 Å². The summed E-state index contributed by atoms with van der Waals surface area (Å²) in [5.74, 6) is 0. The predicted molar refractivity (Wildman–Crippen MR) is 93.8 cm³/mol. The highest BCUT2D eigenvalue weighted by Crippen LogP contribution is 2.28. The van der Waals surface area contributed by atoms with Crippen LogP contribution in [0.3, 0.4) is 0 Å². The lowest BCUT2D eigenvalue weighted by atomic mass is 10.2. The van der Waals surface area contributed by atoms with E-state index in [4.69, 9.17) is 4.74 Å². The molecule has 1 aliphatic rings. The fourth-order valence-electron chi connectivity index (χ4n) is 2.52. The van der Waals surface area contributed by atoms with Crippen LogP contribution in [0.1, 0.15) is 63.6 Å². The Labute approximate surface area is 143 Å². The fourth-order valence-corrected chi connectivity index (χ4v) is 3.35. The van der Waals surface area contributed by atoms with Crippen molar-refractivity contribution in [3.8, 4) is 0 Å². The molecule has 5 nitrogen and oxygen atoms in total. The van der Waals surface area contributed by atoms with Crippen molar-refractivity contribution in [2.75, 3.05) is 13.1 Å². The quantitative estimate of drug-likeness (QED) is 0.766. The number of hydrogen-bond acceptors (Lipinski definition) is 5. The lowest BCUT2D eigenvalue weighted by Crippen LogP contribution is -2.39. The summed E-state index contributed by atoms with van der Waals surface area (Å²) >= 11 is 1.69. The summed E-state index contributed by atoms with van der Waals surface area (Å²) in [6.07, 6.45) is 2.95. The Kier molecular flexibility index (Phi) is 6.03. The molecular formula is C17H29N3O2S. The highest BCUT2D eigenvalue weighted by Gasteiger charge is 2.34. The molecule has 0 aliphatic heterocycles. The van der Waals surface area contributed by atoms with Crippen LogP contribution in [-0.2, 0) is 4.74 Å². The molecule has 1 saturated carbocycles. The summed E-state index contributed by atoms with van der Waals surface area (Å²) in [5, 5.41) is 3.52. The number of ether oxygens (including phenoxy) is 1. The first kappa shape index (κ1) is 18.2. The third-order valence-electron chi connectivity index (χ3n) is 3.82. The zero-order valence-electron chi connectivity index (χ0n) is 14.9. The third kappa shape index (κ3) is 5.77. The predicted octanol–water partition coefficient (Wildman–Crippen LogP) is 3.89. The van der Waals surface area contributed by atoms with Crippen molar-refractivity contribution in [3.05, 3.63) is 16.1 Å². The first-order chi connectivity index (χ1) is 10.8. The van der Waals surface area contributed by atoms with Gasteiger partial charge in [0.1, 0.15) is 5.60 Å². The van der Waals surface area contributed by atoms with Gasteiger partial charge in [0.2, 0.25) is 0 Å². The summed E-state index contributed by atoms with van der Waals surface area (Å²) in [4.78, 5) is 19.8. The molecule has 6 heteroatoms. The lowest BCUT2D eigenvalue weighted by Gasteiger charge is -2.27. The van der Waals surface area contributed by atoms with E-state index < -0.39 is 5.60 Å². The van der Waals surface area contributed by atoms with Crippen molar-refractivity contribution >= 4 is 17.4 Å². The van der Waals surface area contributed by atoms with Crippen LogP contribution in [0.2, 0.25) is 0 Å². The van der Waals surface area contributed by atoms with Crippen LogP contribution < -0.4 is 5.32 Å². The van der Waals surface area contributed by atoms with E-state index in [1.165, 1.54) is 4.88 Å². The van der Waals surface area contributed by atoms with Crippen LogP contribution in [0.4, 0.5) is 4.79 Å². The van der Waals surface area contributed by atoms with Crippen LogP contribution in [0.5, 0.6) is 0 Å². The van der Waals surface area contributed by atoms with Gasteiger partial charge in [-0.3, -0.25) is 0 Å². The minimum Gasteiger partial charge on any atom is -0.444 e. The molecule has 1 unspecified atom stereocenters. The minimum absolute atomic E-state index is 0.175. The fraction of sp³-hybridized carbons (Fsp3) is 0.765. The molecule has 1 aromatic rings. The highest BCUT2D eigenvalue weighted by atomic mass is 32.1. The molecule has 130 valence electrons. The van der Waals surface area contributed by atoms with Gasteiger partial charge in [-0.1, -0.05) is 0 Å². The molecule has 0 aromatic carbocycles. The monoisotopic (exact) mass is 339 g/mol. The van der Waals surface area contributed by atoms with Crippen molar-refractivity contribution in [1.82, 2.24) is 15.2 Å². The molecule has 23 heavy (non-hydrogen) atoms. The Morgan fingerprint density at radius 2 is 2.22 bits per heavy atom. The van der Waals surface area contributed by atoms with E-state index in [9.17, 15) is 4.79 Å². The van der Waals surface area contributed by atoms with Crippen LogP contribution in [-0.4, -0.2) is 40.7 Å². The molecule has 1 N–H and O–H groups in total. The third-order valence-corrected chi connectivity index (χ3v) is 4.93. The number of thiazole rings is 1. The van der Waals surface area contributed by atoms with Gasteiger partial charge in [0.15, 0.2) is 0 Å². The Morgan fingerprint density at radius 3 is 2.74 bits per heavy atom. The van der Waals surface area contributed by atoms with Gasteiger partial charge in [0.05, 0.1) is 11.2 Å². The first-order valence-corrected chi connectivity index (χ1v) is 9.29. The van der Waals surface area contributed by atoms with Gasteiger partial charge >= 0.3 is 6.09 Å². The SMILES string of the molecule is Cc1ncsc1C(C)NCCCN(C(=O)OC(C)(C)C)C1CC1.